The third kappa shape index (κ3) is 4.83. The van der Waals surface area contributed by atoms with Gasteiger partial charge < -0.3 is 14.2 Å². The minimum Gasteiger partial charge on any atom is -0.462 e. The van der Waals surface area contributed by atoms with E-state index in [9.17, 15) is 19.6 Å². The van der Waals surface area contributed by atoms with Crippen LogP contribution < -0.4 is 0 Å². The molecule has 1 saturated heterocycles. The minimum atomic E-state index is -0.974. The maximum Gasteiger partial charge on any atom is 0.327 e. The molecule has 4 rings (SSSR count). The molecule has 34 heavy (non-hydrogen) atoms. The molecule has 4 aliphatic rings. The summed E-state index contributed by atoms with van der Waals surface area (Å²) in [4.78, 5) is 35.9. The maximum atomic E-state index is 12.2. The van der Waals surface area contributed by atoms with E-state index in [0.29, 0.717) is 12.8 Å². The highest BCUT2D eigenvalue weighted by Gasteiger charge is 2.72. The van der Waals surface area contributed by atoms with Gasteiger partial charge >= 0.3 is 17.9 Å². The molecule has 0 aromatic carbocycles. The fourth-order valence-corrected chi connectivity index (χ4v) is 5.35. The number of nitriles is 1. The van der Waals surface area contributed by atoms with Gasteiger partial charge in [-0.15, -0.1) is 0 Å². The molecule has 1 aliphatic heterocycles. The van der Waals surface area contributed by atoms with E-state index in [0.717, 1.165) is 25.7 Å². The molecular weight excluding hydrogens is 434 g/mol. The third-order valence-corrected chi connectivity index (χ3v) is 8.71. The van der Waals surface area contributed by atoms with Crippen LogP contribution in [0.4, 0.5) is 0 Å². The largest absolute Gasteiger partial charge is 0.462 e. The van der Waals surface area contributed by atoms with Crippen LogP contribution in [0.25, 0.3) is 0 Å². The molecule has 3 aliphatic carbocycles. The first kappa shape index (κ1) is 26.5. The van der Waals surface area contributed by atoms with E-state index in [4.69, 9.17) is 14.2 Å². The maximum absolute atomic E-state index is 12.2. The highest BCUT2D eigenvalue weighted by atomic mass is 16.6. The fraction of sp³-hybridized carbons (Fsp3) is 0.852. The molecule has 5 unspecified atom stereocenters. The Labute approximate surface area is 203 Å². The number of esters is 3. The number of hydrogen-bond acceptors (Lipinski definition) is 7. The van der Waals surface area contributed by atoms with Gasteiger partial charge in [-0.3, -0.25) is 14.4 Å². The van der Waals surface area contributed by atoms with Crippen LogP contribution >= 0.6 is 0 Å². The normalized spacial score (nSPS) is 32.3. The quantitative estimate of drug-likeness (QED) is 0.388. The fourth-order valence-electron chi connectivity index (χ4n) is 5.35. The van der Waals surface area contributed by atoms with Crippen molar-refractivity contribution in [2.75, 3.05) is 0 Å². The molecule has 0 N–H and O–H groups in total. The van der Waals surface area contributed by atoms with E-state index < -0.39 is 22.9 Å². The Morgan fingerprint density at radius 1 is 1.03 bits per heavy atom. The lowest BCUT2D eigenvalue weighted by Crippen LogP contribution is -2.42. The molecule has 5 atom stereocenters. The lowest BCUT2D eigenvalue weighted by molar-refractivity contribution is -0.170. The molecule has 4 fully saturated rings. The Bertz CT molecular complexity index is 837. The second-order valence-corrected chi connectivity index (χ2v) is 11.8. The zero-order valence-electron chi connectivity index (χ0n) is 21.6. The summed E-state index contributed by atoms with van der Waals surface area (Å²) in [5.41, 5.74) is -1.81. The van der Waals surface area contributed by atoms with Crippen LogP contribution in [0.3, 0.4) is 0 Å². The van der Waals surface area contributed by atoms with Gasteiger partial charge in [0.15, 0.2) is 5.41 Å². The van der Waals surface area contributed by atoms with Gasteiger partial charge in [0.2, 0.25) is 0 Å². The Morgan fingerprint density at radius 3 is 2.12 bits per heavy atom. The van der Waals surface area contributed by atoms with Crippen LogP contribution in [0, 0.1) is 39.4 Å². The first-order valence-corrected chi connectivity index (χ1v) is 13.0. The molecule has 0 radical (unpaired) electrons. The van der Waals surface area contributed by atoms with Crippen LogP contribution in [-0.2, 0) is 28.6 Å². The molecule has 190 valence electrons. The zero-order chi connectivity index (χ0) is 25.3. The van der Waals surface area contributed by atoms with E-state index in [2.05, 4.69) is 6.07 Å². The van der Waals surface area contributed by atoms with Gasteiger partial charge in [0.25, 0.3) is 0 Å². The number of carbonyl (C=O) groups excluding carboxylic acids is 3. The van der Waals surface area contributed by atoms with Crippen LogP contribution in [-0.4, -0.2) is 36.2 Å². The molecule has 3 saturated carbocycles. The van der Waals surface area contributed by atoms with Crippen molar-refractivity contribution >= 4 is 17.9 Å². The molecule has 0 aromatic heterocycles. The van der Waals surface area contributed by atoms with E-state index in [1.807, 2.05) is 41.5 Å². The van der Waals surface area contributed by atoms with E-state index in [1.54, 1.807) is 0 Å². The summed E-state index contributed by atoms with van der Waals surface area (Å²) >= 11 is 0. The monoisotopic (exact) mass is 475 g/mol. The van der Waals surface area contributed by atoms with Crippen LogP contribution in [0.2, 0.25) is 0 Å². The number of rotatable bonds is 6. The summed E-state index contributed by atoms with van der Waals surface area (Å²) in [6.07, 6.45) is 8.00. The average molecular weight is 476 g/mol. The lowest BCUT2D eigenvalue weighted by atomic mass is 9.74. The van der Waals surface area contributed by atoms with Crippen molar-refractivity contribution in [1.82, 2.24) is 0 Å². The molecule has 0 aromatic rings. The van der Waals surface area contributed by atoms with Gasteiger partial charge in [-0.1, -0.05) is 20.3 Å². The topological polar surface area (TPSA) is 103 Å². The van der Waals surface area contributed by atoms with Gasteiger partial charge in [-0.05, 0) is 79.1 Å². The van der Waals surface area contributed by atoms with Crippen LogP contribution in [0.15, 0.2) is 0 Å². The Balaban J connectivity index is 0.000000204. The SMILES string of the molecule is CCC(C)(C)C(=O)OC1C2CC3C1OC(=O)C3(C#N)C2.CCC(C)(C)C(=O)OC1CCCCC1. The number of nitrogens with zero attached hydrogens (tertiary/aromatic N) is 1. The molecule has 1 heterocycles. The zero-order valence-corrected chi connectivity index (χ0v) is 21.6. The molecule has 2 bridgehead atoms. The van der Waals surface area contributed by atoms with Gasteiger partial charge in [0.1, 0.15) is 18.3 Å². The molecular formula is C27H41NO6. The average Bonchev–Trinajstić information content (AvgIpc) is 3.42. The van der Waals surface area contributed by atoms with Gasteiger partial charge in [0, 0.05) is 11.8 Å². The van der Waals surface area contributed by atoms with Crippen molar-refractivity contribution < 1.29 is 28.6 Å². The van der Waals surface area contributed by atoms with E-state index in [1.165, 1.54) is 19.3 Å². The van der Waals surface area contributed by atoms with Crippen LogP contribution in [0.5, 0.6) is 0 Å². The second kappa shape index (κ2) is 9.87. The lowest BCUT2D eigenvalue weighted by Gasteiger charge is -2.30. The van der Waals surface area contributed by atoms with E-state index in [-0.39, 0.29) is 41.4 Å². The highest BCUT2D eigenvalue weighted by molar-refractivity contribution is 5.84. The summed E-state index contributed by atoms with van der Waals surface area (Å²) in [6.45, 7) is 11.6. The predicted octanol–water partition coefficient (Wildman–Crippen LogP) is 5.11. The summed E-state index contributed by atoms with van der Waals surface area (Å²) in [5.74, 6) is -0.721. The number of carbonyl (C=O) groups is 3. The third-order valence-electron chi connectivity index (χ3n) is 8.71. The smallest absolute Gasteiger partial charge is 0.327 e. The summed E-state index contributed by atoms with van der Waals surface area (Å²) in [6, 6.07) is 2.15. The standard InChI is InChI=1S/C15H19NO4.C12H22O2/c1-4-14(2,3)12(17)19-10-8-5-9-11(10)20-13(18)15(9,6-8)7-16;1-4-12(2,3)11(13)14-10-8-6-5-7-9-10/h8-11H,4-6H2,1-3H3;10H,4-9H2,1-3H3. The molecule has 7 nitrogen and oxygen atoms in total. The van der Waals surface area contributed by atoms with Gasteiger partial charge in [0.05, 0.1) is 16.9 Å². The highest BCUT2D eigenvalue weighted by Crippen LogP contribution is 2.62. The Hall–Kier alpha value is -2.10. The summed E-state index contributed by atoms with van der Waals surface area (Å²) in [5, 5.41) is 9.31. The minimum absolute atomic E-state index is 0.0214. The van der Waals surface area contributed by atoms with Gasteiger partial charge in [-0.25, -0.2) is 0 Å². The van der Waals surface area contributed by atoms with Crippen molar-refractivity contribution in [3.63, 3.8) is 0 Å². The molecule has 0 spiro atoms. The van der Waals surface area contributed by atoms with Gasteiger partial charge in [-0.2, -0.15) is 5.26 Å². The summed E-state index contributed by atoms with van der Waals surface area (Å²) in [7, 11) is 0. The molecule has 7 heteroatoms. The first-order chi connectivity index (χ1) is 15.9. The number of fused-ring (bicyclic) bond motifs is 1. The van der Waals surface area contributed by atoms with Crippen molar-refractivity contribution in [1.29, 1.82) is 5.26 Å². The first-order valence-electron chi connectivity index (χ1n) is 13.0. The van der Waals surface area contributed by atoms with Crippen molar-refractivity contribution in [3.8, 4) is 6.07 Å². The van der Waals surface area contributed by atoms with Crippen molar-refractivity contribution in [3.05, 3.63) is 0 Å². The Morgan fingerprint density at radius 2 is 1.59 bits per heavy atom. The number of hydrogen-bond donors (Lipinski definition) is 0. The van der Waals surface area contributed by atoms with Crippen molar-refractivity contribution in [2.45, 2.75) is 118 Å². The number of ether oxygens (including phenoxy) is 3. The summed E-state index contributed by atoms with van der Waals surface area (Å²) < 4.78 is 16.5. The Kier molecular flexibility index (Phi) is 7.70. The van der Waals surface area contributed by atoms with E-state index >= 15 is 0 Å². The molecule has 0 amide bonds. The second-order valence-electron chi connectivity index (χ2n) is 11.8. The van der Waals surface area contributed by atoms with Crippen molar-refractivity contribution in [2.24, 2.45) is 28.1 Å². The van der Waals surface area contributed by atoms with Crippen LogP contribution in [0.1, 0.15) is 99.3 Å². The predicted molar refractivity (Wildman–Crippen MR) is 125 cm³/mol.